The molecule has 162 valence electrons. The number of anilines is 1. The van der Waals surface area contributed by atoms with Crippen LogP contribution in [0.25, 0.3) is 0 Å². The monoisotopic (exact) mass is 443 g/mol. The predicted molar refractivity (Wildman–Crippen MR) is 131 cm³/mol. The molecule has 2 amide bonds. The van der Waals surface area contributed by atoms with Gasteiger partial charge in [-0.2, -0.15) is 0 Å². The van der Waals surface area contributed by atoms with Crippen molar-refractivity contribution >= 4 is 23.3 Å². The van der Waals surface area contributed by atoms with Crippen molar-refractivity contribution in [3.8, 4) is 0 Å². The molecule has 4 nitrogen and oxygen atoms in total. The van der Waals surface area contributed by atoms with Crippen LogP contribution in [0.1, 0.15) is 22.4 Å². The van der Waals surface area contributed by atoms with Crippen LogP contribution in [0.2, 0.25) is 5.02 Å². The van der Waals surface area contributed by atoms with Crippen molar-refractivity contribution in [2.24, 2.45) is 0 Å². The zero-order valence-electron chi connectivity index (χ0n) is 18.0. The van der Waals surface area contributed by atoms with E-state index in [0.29, 0.717) is 23.8 Å². The number of aromatic nitrogens is 1. The molecule has 32 heavy (non-hydrogen) atoms. The Balaban J connectivity index is 1.55. The van der Waals surface area contributed by atoms with Crippen LogP contribution in [-0.4, -0.2) is 15.5 Å². The van der Waals surface area contributed by atoms with Crippen molar-refractivity contribution in [3.05, 3.63) is 125 Å². The Hall–Kier alpha value is -3.50. The molecule has 0 radical (unpaired) electrons. The number of hydrogen-bond donors (Lipinski definition) is 1. The summed E-state index contributed by atoms with van der Waals surface area (Å²) in [5.41, 5.74) is 5.40. The van der Waals surface area contributed by atoms with Crippen molar-refractivity contribution < 1.29 is 4.79 Å². The number of halogens is 1. The molecule has 0 bridgehead atoms. The van der Waals surface area contributed by atoms with Crippen LogP contribution in [0.3, 0.4) is 0 Å². The van der Waals surface area contributed by atoms with Crippen molar-refractivity contribution in [1.29, 1.82) is 0 Å². The minimum atomic E-state index is -0.153. The van der Waals surface area contributed by atoms with Crippen LogP contribution in [0, 0.1) is 6.92 Å². The number of amides is 2. The number of carbonyl (C=O) groups is 1. The first-order valence-electron chi connectivity index (χ1n) is 10.6. The lowest BCUT2D eigenvalue weighted by atomic mass is 10.1. The molecule has 0 saturated heterocycles. The minimum Gasteiger partial charge on any atom is -0.345 e. The summed E-state index contributed by atoms with van der Waals surface area (Å²) < 4.78 is 2.20. The van der Waals surface area contributed by atoms with E-state index in [1.165, 1.54) is 11.1 Å². The Morgan fingerprint density at radius 1 is 0.875 bits per heavy atom. The fraction of sp³-hybridized carbons (Fsp3) is 0.148. The topological polar surface area (TPSA) is 37.3 Å². The Bertz CT molecular complexity index is 1170. The molecule has 0 aliphatic rings. The number of rotatable bonds is 7. The normalized spacial score (nSPS) is 10.7. The number of urea groups is 1. The van der Waals surface area contributed by atoms with Crippen molar-refractivity contribution in [2.75, 3.05) is 5.32 Å². The second kappa shape index (κ2) is 10.2. The van der Waals surface area contributed by atoms with Gasteiger partial charge in [0.1, 0.15) is 0 Å². The van der Waals surface area contributed by atoms with Crippen molar-refractivity contribution in [2.45, 2.75) is 26.6 Å². The summed E-state index contributed by atoms with van der Waals surface area (Å²) in [5.74, 6) is 0. The molecule has 0 atom stereocenters. The zero-order valence-corrected chi connectivity index (χ0v) is 18.8. The maximum Gasteiger partial charge on any atom is 0.322 e. The highest BCUT2D eigenvalue weighted by Crippen LogP contribution is 2.18. The molecule has 1 N–H and O–H groups in total. The van der Waals surface area contributed by atoms with Gasteiger partial charge in [-0.15, -0.1) is 0 Å². The first-order valence-corrected chi connectivity index (χ1v) is 11.0. The third-order valence-electron chi connectivity index (χ3n) is 5.48. The molecule has 1 heterocycles. The molecule has 5 heteroatoms. The van der Waals surface area contributed by atoms with E-state index in [-0.39, 0.29) is 6.03 Å². The average Bonchev–Trinajstić information content (AvgIpc) is 3.24. The van der Waals surface area contributed by atoms with Gasteiger partial charge in [0.25, 0.3) is 0 Å². The second-order valence-corrected chi connectivity index (χ2v) is 8.27. The van der Waals surface area contributed by atoms with Gasteiger partial charge in [0.15, 0.2) is 0 Å². The molecular weight excluding hydrogens is 418 g/mol. The zero-order chi connectivity index (χ0) is 22.3. The fourth-order valence-corrected chi connectivity index (χ4v) is 3.78. The average molecular weight is 444 g/mol. The molecule has 0 spiro atoms. The van der Waals surface area contributed by atoms with E-state index >= 15 is 0 Å². The van der Waals surface area contributed by atoms with Crippen LogP contribution in [-0.2, 0) is 19.6 Å². The quantitative estimate of drug-likeness (QED) is 0.337. The van der Waals surface area contributed by atoms with E-state index in [0.717, 1.165) is 17.8 Å². The summed E-state index contributed by atoms with van der Waals surface area (Å²) in [4.78, 5) is 15.1. The first kappa shape index (κ1) is 21.7. The number of benzene rings is 3. The van der Waals surface area contributed by atoms with E-state index in [4.69, 9.17) is 11.6 Å². The predicted octanol–water partition coefficient (Wildman–Crippen LogP) is 6.73. The van der Waals surface area contributed by atoms with Gasteiger partial charge in [0.2, 0.25) is 0 Å². The number of hydrogen-bond acceptors (Lipinski definition) is 1. The van der Waals surface area contributed by atoms with Gasteiger partial charge in [-0.3, -0.25) is 0 Å². The van der Waals surface area contributed by atoms with E-state index in [2.05, 4.69) is 53.3 Å². The van der Waals surface area contributed by atoms with Crippen LogP contribution < -0.4 is 5.32 Å². The van der Waals surface area contributed by atoms with Crippen LogP contribution >= 0.6 is 11.6 Å². The maximum absolute atomic E-state index is 13.2. The van der Waals surface area contributed by atoms with Gasteiger partial charge in [0.05, 0.1) is 6.54 Å². The Labute approximate surface area is 194 Å². The lowest BCUT2D eigenvalue weighted by molar-refractivity contribution is 0.205. The molecule has 4 rings (SSSR count). The van der Waals surface area contributed by atoms with Gasteiger partial charge < -0.3 is 14.8 Å². The Morgan fingerprint density at radius 2 is 1.59 bits per heavy atom. The first-order chi connectivity index (χ1) is 15.6. The summed E-state index contributed by atoms with van der Waals surface area (Å²) in [6, 6.07) is 29.5. The van der Waals surface area contributed by atoms with E-state index < -0.39 is 0 Å². The lowest BCUT2D eigenvalue weighted by Crippen LogP contribution is -2.34. The second-order valence-electron chi connectivity index (χ2n) is 7.83. The fourth-order valence-electron chi connectivity index (χ4n) is 3.65. The largest absolute Gasteiger partial charge is 0.345 e. The number of nitrogens with one attached hydrogen (secondary N) is 1. The molecule has 0 unspecified atom stereocenters. The summed E-state index contributed by atoms with van der Waals surface area (Å²) in [7, 11) is 0. The number of nitrogens with zero attached hydrogens (tertiary/aromatic N) is 2. The van der Waals surface area contributed by atoms with Crippen LogP contribution in [0.5, 0.6) is 0 Å². The highest BCUT2D eigenvalue weighted by atomic mass is 35.5. The molecule has 0 fully saturated rings. The maximum atomic E-state index is 13.2. The smallest absolute Gasteiger partial charge is 0.322 e. The third kappa shape index (κ3) is 5.59. The van der Waals surface area contributed by atoms with Crippen LogP contribution in [0.4, 0.5) is 10.5 Å². The summed E-state index contributed by atoms with van der Waals surface area (Å²) in [5, 5.41) is 3.64. The molecule has 0 saturated carbocycles. The van der Waals surface area contributed by atoms with Gasteiger partial charge in [0, 0.05) is 35.7 Å². The van der Waals surface area contributed by atoms with Gasteiger partial charge in [-0.25, -0.2) is 4.79 Å². The molecule has 0 aliphatic carbocycles. The summed E-state index contributed by atoms with van der Waals surface area (Å²) >= 11 is 5.98. The van der Waals surface area contributed by atoms with Gasteiger partial charge >= 0.3 is 6.03 Å². The Morgan fingerprint density at radius 3 is 2.34 bits per heavy atom. The molecule has 4 aromatic rings. The Kier molecular flexibility index (Phi) is 6.93. The van der Waals surface area contributed by atoms with Crippen molar-refractivity contribution in [3.63, 3.8) is 0 Å². The van der Waals surface area contributed by atoms with Gasteiger partial charge in [-0.05, 0) is 60.0 Å². The molecular formula is C27H26ClN3O. The van der Waals surface area contributed by atoms with Crippen molar-refractivity contribution in [1.82, 2.24) is 9.47 Å². The van der Waals surface area contributed by atoms with E-state index in [1.807, 2.05) is 53.4 Å². The molecule has 1 aromatic heterocycles. The third-order valence-corrected chi connectivity index (χ3v) is 5.73. The highest BCUT2D eigenvalue weighted by molar-refractivity contribution is 6.30. The molecule has 3 aromatic carbocycles. The SMILES string of the molecule is Cc1ccccc1Cn1cccc1CN(Cc1ccccc1)C(=O)Nc1ccc(Cl)cc1. The standard InChI is InChI=1S/C27H26ClN3O/c1-21-8-5-6-11-23(21)19-30-17-7-12-26(30)20-31(18-22-9-3-2-4-10-22)27(32)29-25-15-13-24(28)14-16-25/h2-17H,18-20H2,1H3,(H,29,32). The lowest BCUT2D eigenvalue weighted by Gasteiger charge is -2.24. The van der Waals surface area contributed by atoms with Crippen LogP contribution in [0.15, 0.2) is 97.2 Å². The summed E-state index contributed by atoms with van der Waals surface area (Å²) in [6.07, 6.45) is 2.07. The number of carbonyl (C=O) groups excluding carboxylic acids is 1. The molecule has 0 aliphatic heterocycles. The minimum absolute atomic E-state index is 0.153. The highest BCUT2D eigenvalue weighted by Gasteiger charge is 2.17. The van der Waals surface area contributed by atoms with E-state index in [9.17, 15) is 4.79 Å². The van der Waals surface area contributed by atoms with E-state index in [1.54, 1.807) is 12.1 Å². The summed E-state index contributed by atoms with van der Waals surface area (Å²) in [6.45, 7) is 3.90. The number of aryl methyl sites for hydroxylation is 1. The van der Waals surface area contributed by atoms with Gasteiger partial charge in [-0.1, -0.05) is 66.2 Å².